The van der Waals surface area contributed by atoms with Crippen LogP contribution in [0.1, 0.15) is 45.9 Å². The van der Waals surface area contributed by atoms with E-state index in [0.717, 1.165) is 24.1 Å². The molecule has 0 saturated carbocycles. The van der Waals surface area contributed by atoms with Crippen LogP contribution < -0.4 is 10.2 Å². The van der Waals surface area contributed by atoms with Crippen molar-refractivity contribution in [1.29, 1.82) is 0 Å². The highest BCUT2D eigenvalue weighted by Crippen LogP contribution is 2.38. The van der Waals surface area contributed by atoms with Crippen LogP contribution in [0.5, 0.6) is 0 Å². The normalized spacial score (nSPS) is 18.1. The molecule has 11 heteroatoms. The molecule has 1 N–H and O–H groups in total. The summed E-state index contributed by atoms with van der Waals surface area (Å²) in [5.41, 5.74) is 1.38. The summed E-state index contributed by atoms with van der Waals surface area (Å²) >= 11 is 0. The Labute approximate surface area is 217 Å². The lowest BCUT2D eigenvalue weighted by Crippen LogP contribution is -2.40. The third-order valence-corrected chi connectivity index (χ3v) is 6.88. The van der Waals surface area contributed by atoms with Gasteiger partial charge in [-0.2, -0.15) is 17.6 Å². The third-order valence-electron chi connectivity index (χ3n) is 6.88. The summed E-state index contributed by atoms with van der Waals surface area (Å²) in [6, 6.07) is 11.8. The van der Waals surface area contributed by atoms with Crippen molar-refractivity contribution in [3.8, 4) is 0 Å². The van der Waals surface area contributed by atoms with Crippen LogP contribution >= 0.6 is 0 Å². The van der Waals surface area contributed by atoms with Gasteiger partial charge in [0.25, 0.3) is 5.91 Å². The number of rotatable bonds is 6. The van der Waals surface area contributed by atoms with Crippen LogP contribution in [0.3, 0.4) is 0 Å². The van der Waals surface area contributed by atoms with Gasteiger partial charge in [-0.15, -0.1) is 0 Å². The van der Waals surface area contributed by atoms with Crippen molar-refractivity contribution in [3.05, 3.63) is 82.9 Å². The number of alkyl halides is 3. The molecule has 2 aliphatic heterocycles. The fourth-order valence-electron chi connectivity index (χ4n) is 4.85. The molecule has 3 heterocycles. The summed E-state index contributed by atoms with van der Waals surface area (Å²) < 4.78 is 59.6. The molecule has 0 spiro atoms. The number of ether oxygens (including phenoxy) is 1. The van der Waals surface area contributed by atoms with E-state index >= 15 is 4.39 Å². The number of nitrogens with zero attached hydrogens (tertiary/aromatic N) is 4. The van der Waals surface area contributed by atoms with Crippen molar-refractivity contribution >= 4 is 17.5 Å². The summed E-state index contributed by atoms with van der Waals surface area (Å²) in [5, 5.41) is 2.99. The Balaban J connectivity index is 1.26. The Morgan fingerprint density at radius 1 is 1.00 bits per heavy atom. The second-order valence-corrected chi connectivity index (χ2v) is 9.29. The van der Waals surface area contributed by atoms with Gasteiger partial charge in [-0.25, -0.2) is 9.97 Å². The number of nitrogens with one attached hydrogen (secondary N) is 1. The molecule has 7 nitrogen and oxygen atoms in total. The summed E-state index contributed by atoms with van der Waals surface area (Å²) in [4.78, 5) is 24.4. The Hall–Kier alpha value is -3.73. The van der Waals surface area contributed by atoms with Crippen molar-refractivity contribution in [2.45, 2.75) is 31.6 Å². The molecule has 0 radical (unpaired) electrons. The highest BCUT2D eigenvalue weighted by Gasteiger charge is 2.33. The number of hydrogen-bond acceptors (Lipinski definition) is 6. The Morgan fingerprint density at radius 3 is 2.39 bits per heavy atom. The molecule has 2 aromatic carbocycles. The number of carbonyl (C=O) groups is 1. The van der Waals surface area contributed by atoms with Gasteiger partial charge < -0.3 is 19.9 Å². The zero-order chi connectivity index (χ0) is 26.7. The van der Waals surface area contributed by atoms with Gasteiger partial charge in [0.2, 0.25) is 5.82 Å². The molecule has 1 unspecified atom stereocenters. The van der Waals surface area contributed by atoms with E-state index in [1.165, 1.54) is 18.5 Å². The number of anilines is 2. The Bertz CT molecular complexity index is 1260. The molecule has 2 saturated heterocycles. The predicted molar refractivity (Wildman–Crippen MR) is 133 cm³/mol. The number of benzene rings is 2. The van der Waals surface area contributed by atoms with Gasteiger partial charge in [0.05, 0.1) is 24.8 Å². The first kappa shape index (κ1) is 25.9. The van der Waals surface area contributed by atoms with E-state index in [-0.39, 0.29) is 30.1 Å². The van der Waals surface area contributed by atoms with E-state index in [0.29, 0.717) is 50.4 Å². The third kappa shape index (κ3) is 5.57. The monoisotopic (exact) mass is 529 g/mol. The second-order valence-electron chi connectivity index (χ2n) is 9.29. The van der Waals surface area contributed by atoms with Crippen molar-refractivity contribution in [1.82, 2.24) is 14.9 Å². The first-order valence-electron chi connectivity index (χ1n) is 12.5. The molecule has 2 aliphatic rings. The van der Waals surface area contributed by atoms with Crippen LogP contribution in [0.4, 0.5) is 29.2 Å². The molecular weight excluding hydrogens is 502 g/mol. The second kappa shape index (κ2) is 10.9. The van der Waals surface area contributed by atoms with E-state index in [1.807, 2.05) is 12.1 Å². The average molecular weight is 530 g/mol. The van der Waals surface area contributed by atoms with E-state index in [4.69, 9.17) is 4.74 Å². The zero-order valence-corrected chi connectivity index (χ0v) is 20.5. The molecule has 5 rings (SSSR count). The lowest BCUT2D eigenvalue weighted by Gasteiger charge is -2.27. The standard InChI is InChI=1S/C27H27F4N5O2/c28-23-24(32-16-18-3-5-20(6-4-18)26(37)35-12-14-38-15-13-35)33-17-34-25(23)36-11-1-2-22(36)19-7-9-21(10-8-19)27(29,30)31/h3-10,17,22H,1-2,11-16H2,(H,32,33,34). The first-order valence-corrected chi connectivity index (χ1v) is 12.5. The van der Waals surface area contributed by atoms with Crippen LogP contribution in [-0.4, -0.2) is 53.6 Å². The molecule has 1 atom stereocenters. The minimum Gasteiger partial charge on any atom is -0.378 e. The van der Waals surface area contributed by atoms with Crippen molar-refractivity contribution < 1.29 is 27.1 Å². The number of carbonyl (C=O) groups excluding carboxylic acids is 1. The highest BCUT2D eigenvalue weighted by molar-refractivity contribution is 5.94. The average Bonchev–Trinajstić information content (AvgIpc) is 3.42. The highest BCUT2D eigenvalue weighted by atomic mass is 19.4. The molecular formula is C27H27F4N5O2. The maximum Gasteiger partial charge on any atom is 0.416 e. The van der Waals surface area contributed by atoms with Gasteiger partial charge in [0.1, 0.15) is 6.33 Å². The lowest BCUT2D eigenvalue weighted by molar-refractivity contribution is -0.137. The number of aromatic nitrogens is 2. The predicted octanol–water partition coefficient (Wildman–Crippen LogP) is 5.06. The van der Waals surface area contributed by atoms with Crippen molar-refractivity contribution in [2.24, 2.45) is 0 Å². The van der Waals surface area contributed by atoms with Crippen LogP contribution in [0.25, 0.3) is 0 Å². The van der Waals surface area contributed by atoms with Crippen LogP contribution in [0, 0.1) is 5.82 Å². The quantitative estimate of drug-likeness (QED) is 0.450. The summed E-state index contributed by atoms with van der Waals surface area (Å²) in [7, 11) is 0. The van der Waals surface area contributed by atoms with Gasteiger partial charge in [-0.05, 0) is 48.2 Å². The lowest BCUT2D eigenvalue weighted by atomic mass is 10.0. The minimum atomic E-state index is -4.41. The van der Waals surface area contributed by atoms with Gasteiger partial charge in [-0.1, -0.05) is 24.3 Å². The Morgan fingerprint density at radius 2 is 1.71 bits per heavy atom. The fraction of sp³-hybridized carbons (Fsp3) is 0.370. The number of morpholine rings is 1. The topological polar surface area (TPSA) is 70.6 Å². The minimum absolute atomic E-state index is 0.0292. The molecule has 200 valence electrons. The fourth-order valence-corrected chi connectivity index (χ4v) is 4.85. The molecule has 0 aliphatic carbocycles. The molecule has 3 aromatic rings. The largest absolute Gasteiger partial charge is 0.416 e. The number of hydrogen-bond donors (Lipinski definition) is 1. The van der Waals surface area contributed by atoms with Gasteiger partial charge >= 0.3 is 6.18 Å². The van der Waals surface area contributed by atoms with Gasteiger partial charge in [0.15, 0.2) is 11.6 Å². The first-order chi connectivity index (χ1) is 18.3. The van der Waals surface area contributed by atoms with E-state index in [2.05, 4.69) is 15.3 Å². The summed E-state index contributed by atoms with van der Waals surface area (Å²) in [6.45, 7) is 2.99. The number of amides is 1. The van der Waals surface area contributed by atoms with Crippen molar-refractivity contribution in [3.63, 3.8) is 0 Å². The van der Waals surface area contributed by atoms with E-state index in [9.17, 15) is 18.0 Å². The van der Waals surface area contributed by atoms with E-state index in [1.54, 1.807) is 21.9 Å². The zero-order valence-electron chi connectivity index (χ0n) is 20.5. The van der Waals surface area contributed by atoms with Crippen LogP contribution in [0.15, 0.2) is 54.9 Å². The Kier molecular flexibility index (Phi) is 7.46. The maximum atomic E-state index is 15.5. The van der Waals surface area contributed by atoms with E-state index < -0.39 is 17.6 Å². The maximum absolute atomic E-state index is 15.5. The summed E-state index contributed by atoms with van der Waals surface area (Å²) in [5.74, 6) is -0.532. The molecule has 0 bridgehead atoms. The molecule has 1 amide bonds. The molecule has 38 heavy (non-hydrogen) atoms. The van der Waals surface area contributed by atoms with Gasteiger partial charge in [-0.3, -0.25) is 4.79 Å². The molecule has 2 fully saturated rings. The number of halogens is 4. The SMILES string of the molecule is O=C(c1ccc(CNc2ncnc(N3CCCC3c3ccc(C(F)(F)F)cc3)c2F)cc1)N1CCOCC1. The van der Waals surface area contributed by atoms with Crippen LogP contribution in [0.2, 0.25) is 0 Å². The smallest absolute Gasteiger partial charge is 0.378 e. The van der Waals surface area contributed by atoms with Crippen LogP contribution in [-0.2, 0) is 17.5 Å². The van der Waals surface area contributed by atoms with Crippen molar-refractivity contribution in [2.75, 3.05) is 43.1 Å². The van der Waals surface area contributed by atoms with Gasteiger partial charge in [0, 0.05) is 31.7 Å². The molecule has 1 aromatic heterocycles. The summed E-state index contributed by atoms with van der Waals surface area (Å²) in [6.07, 6.45) is -1.71.